The number of hydrogen-bond acceptors (Lipinski definition) is 3. The lowest BCUT2D eigenvalue weighted by molar-refractivity contribution is 0.0706. The third-order valence-electron chi connectivity index (χ3n) is 4.51. The van der Waals surface area contributed by atoms with Crippen LogP contribution in [0.25, 0.3) is 0 Å². The number of piperazine rings is 1. The van der Waals surface area contributed by atoms with Crippen molar-refractivity contribution < 1.29 is 4.74 Å². The van der Waals surface area contributed by atoms with E-state index in [1.807, 2.05) is 0 Å². The number of nitrogens with zero attached hydrogens (tertiary/aromatic N) is 1. The molecule has 3 atom stereocenters. The molecule has 0 amide bonds. The second kappa shape index (κ2) is 5.03. The summed E-state index contributed by atoms with van der Waals surface area (Å²) < 4.78 is 5.51. The number of ether oxygens (including phenoxy) is 1. The van der Waals surface area contributed by atoms with Gasteiger partial charge in [0, 0.05) is 37.8 Å². The molecule has 16 heavy (non-hydrogen) atoms. The minimum atomic E-state index is 0.311. The first-order valence-corrected chi connectivity index (χ1v) is 6.71. The van der Waals surface area contributed by atoms with Gasteiger partial charge in [-0.15, -0.1) is 0 Å². The van der Waals surface area contributed by atoms with Crippen LogP contribution < -0.4 is 5.32 Å². The van der Waals surface area contributed by atoms with E-state index >= 15 is 0 Å². The predicted molar refractivity (Wildman–Crippen MR) is 66.7 cm³/mol. The number of rotatable bonds is 3. The summed E-state index contributed by atoms with van der Waals surface area (Å²) in [7, 11) is 0. The highest BCUT2D eigenvalue weighted by Gasteiger charge is 2.34. The third-order valence-corrected chi connectivity index (χ3v) is 4.51. The lowest BCUT2D eigenvalue weighted by Crippen LogP contribution is -2.61. The molecule has 2 rings (SSSR count). The average molecular weight is 226 g/mol. The van der Waals surface area contributed by atoms with Crippen molar-refractivity contribution in [2.24, 2.45) is 5.92 Å². The fourth-order valence-corrected chi connectivity index (χ4v) is 2.90. The fraction of sp³-hybridized carbons (Fsp3) is 1.00. The topological polar surface area (TPSA) is 24.5 Å². The molecule has 94 valence electrons. The summed E-state index contributed by atoms with van der Waals surface area (Å²) in [5.41, 5.74) is 0.311. The van der Waals surface area contributed by atoms with Gasteiger partial charge in [0.05, 0.1) is 6.61 Å². The summed E-state index contributed by atoms with van der Waals surface area (Å²) >= 11 is 0. The second-order valence-electron chi connectivity index (χ2n) is 5.68. The molecule has 0 radical (unpaired) electrons. The molecule has 0 aromatic heterocycles. The molecule has 2 heterocycles. The van der Waals surface area contributed by atoms with E-state index in [1.54, 1.807) is 0 Å². The Hall–Kier alpha value is -0.120. The van der Waals surface area contributed by atoms with Crippen LogP contribution in [0.15, 0.2) is 0 Å². The van der Waals surface area contributed by atoms with E-state index in [0.29, 0.717) is 11.6 Å². The summed E-state index contributed by atoms with van der Waals surface area (Å²) in [6.45, 7) is 12.4. The Morgan fingerprint density at radius 2 is 2.38 bits per heavy atom. The zero-order valence-electron chi connectivity index (χ0n) is 11.0. The van der Waals surface area contributed by atoms with E-state index in [2.05, 4.69) is 31.0 Å². The van der Waals surface area contributed by atoms with E-state index < -0.39 is 0 Å². The molecule has 0 saturated carbocycles. The monoisotopic (exact) mass is 226 g/mol. The van der Waals surface area contributed by atoms with Crippen LogP contribution in [0, 0.1) is 5.92 Å². The van der Waals surface area contributed by atoms with Gasteiger partial charge in [0.25, 0.3) is 0 Å². The molecule has 2 aliphatic heterocycles. The van der Waals surface area contributed by atoms with Gasteiger partial charge >= 0.3 is 0 Å². The fourth-order valence-electron chi connectivity index (χ4n) is 2.90. The molecule has 2 fully saturated rings. The van der Waals surface area contributed by atoms with Crippen molar-refractivity contribution >= 4 is 0 Å². The Kier molecular flexibility index (Phi) is 3.88. The molecule has 3 unspecified atom stereocenters. The van der Waals surface area contributed by atoms with Crippen molar-refractivity contribution in [2.75, 3.05) is 32.8 Å². The number of hydrogen-bond donors (Lipinski definition) is 1. The molecule has 0 aromatic carbocycles. The molecule has 2 aliphatic rings. The summed E-state index contributed by atoms with van der Waals surface area (Å²) in [6.07, 6.45) is 2.45. The largest absolute Gasteiger partial charge is 0.381 e. The smallest absolute Gasteiger partial charge is 0.0509 e. The molecule has 0 aliphatic carbocycles. The molecule has 3 nitrogen and oxygen atoms in total. The van der Waals surface area contributed by atoms with Crippen LogP contribution >= 0.6 is 0 Å². The standard InChI is InChI=1S/C13H26N2O/c1-4-13(3)10-15(7-6-14-13)11(2)12-5-8-16-9-12/h11-12,14H,4-10H2,1-3H3. The third kappa shape index (κ3) is 2.58. The minimum Gasteiger partial charge on any atom is -0.381 e. The molecular weight excluding hydrogens is 200 g/mol. The normalized spacial score (nSPS) is 38.8. The van der Waals surface area contributed by atoms with Gasteiger partial charge in [-0.1, -0.05) is 6.92 Å². The SMILES string of the molecule is CCC1(C)CN(C(C)C2CCOC2)CCN1. The molecule has 0 bridgehead atoms. The maximum absolute atomic E-state index is 5.51. The van der Waals surface area contributed by atoms with E-state index in [0.717, 1.165) is 25.7 Å². The van der Waals surface area contributed by atoms with E-state index in [9.17, 15) is 0 Å². The van der Waals surface area contributed by atoms with Gasteiger partial charge in [-0.25, -0.2) is 0 Å². The highest BCUT2D eigenvalue weighted by atomic mass is 16.5. The summed E-state index contributed by atoms with van der Waals surface area (Å²) in [5, 5.41) is 3.65. The highest BCUT2D eigenvalue weighted by molar-refractivity contribution is 4.92. The van der Waals surface area contributed by atoms with Gasteiger partial charge in [-0.05, 0) is 32.6 Å². The summed E-state index contributed by atoms with van der Waals surface area (Å²) in [5.74, 6) is 0.749. The molecule has 0 aromatic rings. The Morgan fingerprint density at radius 1 is 1.56 bits per heavy atom. The lowest BCUT2D eigenvalue weighted by Gasteiger charge is -2.45. The van der Waals surface area contributed by atoms with Gasteiger partial charge in [0.2, 0.25) is 0 Å². The first-order chi connectivity index (χ1) is 7.64. The van der Waals surface area contributed by atoms with Crippen LogP contribution in [0.4, 0.5) is 0 Å². The Balaban J connectivity index is 1.92. The maximum Gasteiger partial charge on any atom is 0.0509 e. The molecular formula is C13H26N2O. The second-order valence-corrected chi connectivity index (χ2v) is 5.68. The molecule has 0 spiro atoms. The van der Waals surface area contributed by atoms with Crippen molar-refractivity contribution in [3.63, 3.8) is 0 Å². The summed E-state index contributed by atoms with van der Waals surface area (Å²) in [4.78, 5) is 2.65. The van der Waals surface area contributed by atoms with E-state index in [1.165, 1.54) is 25.9 Å². The molecule has 3 heteroatoms. The summed E-state index contributed by atoms with van der Waals surface area (Å²) in [6, 6.07) is 0.676. The first-order valence-electron chi connectivity index (χ1n) is 6.71. The Morgan fingerprint density at radius 3 is 3.00 bits per heavy atom. The highest BCUT2D eigenvalue weighted by Crippen LogP contribution is 2.24. The predicted octanol–water partition coefficient (Wildman–Crippen LogP) is 1.49. The zero-order valence-corrected chi connectivity index (χ0v) is 11.0. The van der Waals surface area contributed by atoms with E-state index in [-0.39, 0.29) is 0 Å². The molecule has 2 saturated heterocycles. The van der Waals surface area contributed by atoms with Crippen LogP contribution in [0.5, 0.6) is 0 Å². The maximum atomic E-state index is 5.51. The van der Waals surface area contributed by atoms with Crippen LogP contribution in [-0.4, -0.2) is 49.3 Å². The van der Waals surface area contributed by atoms with Crippen molar-refractivity contribution in [3.8, 4) is 0 Å². The Labute approximate surface area is 99.5 Å². The van der Waals surface area contributed by atoms with Gasteiger partial charge in [0.15, 0.2) is 0 Å². The van der Waals surface area contributed by atoms with Crippen LogP contribution in [0.1, 0.15) is 33.6 Å². The van der Waals surface area contributed by atoms with Gasteiger partial charge in [-0.2, -0.15) is 0 Å². The first kappa shape index (κ1) is 12.3. The van der Waals surface area contributed by atoms with Crippen LogP contribution in [0.2, 0.25) is 0 Å². The molecule has 1 N–H and O–H groups in total. The van der Waals surface area contributed by atoms with Crippen LogP contribution in [-0.2, 0) is 4.74 Å². The Bertz CT molecular complexity index is 228. The lowest BCUT2D eigenvalue weighted by atomic mass is 9.92. The quantitative estimate of drug-likeness (QED) is 0.789. The van der Waals surface area contributed by atoms with Crippen molar-refractivity contribution in [3.05, 3.63) is 0 Å². The zero-order chi connectivity index (χ0) is 11.6. The minimum absolute atomic E-state index is 0.311. The van der Waals surface area contributed by atoms with Crippen molar-refractivity contribution in [1.82, 2.24) is 10.2 Å². The van der Waals surface area contributed by atoms with Crippen molar-refractivity contribution in [1.29, 1.82) is 0 Å². The van der Waals surface area contributed by atoms with Gasteiger partial charge < -0.3 is 10.1 Å². The van der Waals surface area contributed by atoms with Gasteiger partial charge in [-0.3, -0.25) is 4.90 Å². The number of nitrogens with one attached hydrogen (secondary N) is 1. The van der Waals surface area contributed by atoms with Gasteiger partial charge in [0.1, 0.15) is 0 Å². The van der Waals surface area contributed by atoms with E-state index in [4.69, 9.17) is 4.74 Å². The van der Waals surface area contributed by atoms with Crippen molar-refractivity contribution in [2.45, 2.75) is 45.2 Å². The average Bonchev–Trinajstić information content (AvgIpc) is 2.82. The van der Waals surface area contributed by atoms with Crippen LogP contribution in [0.3, 0.4) is 0 Å².